The second-order valence-electron chi connectivity index (χ2n) is 21.5. The molecular formula is C76H62N4OPt-2. The predicted octanol–water partition coefficient (Wildman–Crippen LogP) is 19.1. The van der Waals surface area contributed by atoms with E-state index in [1.54, 1.807) is 57.3 Å². The summed E-state index contributed by atoms with van der Waals surface area (Å²) < 4.78 is 230. The Labute approximate surface area is 529 Å². The van der Waals surface area contributed by atoms with Crippen LogP contribution in [0.25, 0.3) is 106 Å². The van der Waals surface area contributed by atoms with Gasteiger partial charge in [0, 0.05) is 52.5 Å². The first-order valence-electron chi connectivity index (χ1n) is 38.0. The van der Waals surface area contributed by atoms with Gasteiger partial charge in [0.25, 0.3) is 6.33 Å². The fraction of sp³-hybridized carbons (Fsp3) is 0.132. The van der Waals surface area contributed by atoms with Crippen LogP contribution in [-0.4, -0.2) is 14.1 Å². The summed E-state index contributed by atoms with van der Waals surface area (Å²) in [5.41, 5.74) is -3.24. The fourth-order valence-electron chi connectivity index (χ4n) is 10.2. The molecule has 404 valence electrons. The number of ether oxygens (including phenoxy) is 1. The number of aryl methyl sites for hydroxylation is 2. The van der Waals surface area contributed by atoms with Gasteiger partial charge >= 0.3 is 0 Å². The molecule has 0 saturated carbocycles. The molecule has 6 heteroatoms. The third-order valence-electron chi connectivity index (χ3n) is 14.1. The van der Waals surface area contributed by atoms with Gasteiger partial charge in [-0.25, -0.2) is 4.98 Å². The minimum Gasteiger partial charge on any atom is -0.510 e. The first kappa shape index (κ1) is 32.5. The molecule has 0 bridgehead atoms. The SMILES string of the molecule is [2H]c1c([2H])c([2H])c(-c2cc(-c3c([2H])c(-c4c([2H])c([2H])c([2H])c([2H])c4[2H])c([2H])c(-c4c([2H])c([2H])c([2H])c([2H])c4[2H])c3[2H])c(-[n+]3[c-]n(-c4[c-]c(Oc5[c-]c6c(cc5)c5ccccc5n6-c5cc(C(C)(C)C)ccn5)ccc4)c4cc(-c5c(C([2H])([2H])[2H])cccc5C([2H])([2H])[2H])ccc43)c(C(C)(C)C)c2)c([2H])c1[2H].[Pt]. The molecule has 5 nitrogen and oxygen atoms in total. The third kappa shape index (κ3) is 10.1. The zero-order chi connectivity index (χ0) is 76.2. The van der Waals surface area contributed by atoms with E-state index >= 15 is 0 Å². The van der Waals surface area contributed by atoms with Crippen LogP contribution < -0.4 is 9.30 Å². The molecule has 0 saturated heterocycles. The van der Waals surface area contributed by atoms with E-state index in [0.29, 0.717) is 11.3 Å². The number of rotatable bonds is 10. The smallest absolute Gasteiger partial charge is 0.268 e. The molecule has 0 radical (unpaired) electrons. The van der Waals surface area contributed by atoms with Crippen molar-refractivity contribution in [3.8, 4) is 84.3 Å². The van der Waals surface area contributed by atoms with Gasteiger partial charge in [-0.2, -0.15) is 18.2 Å². The van der Waals surface area contributed by atoms with E-state index in [-0.39, 0.29) is 105 Å². The van der Waals surface area contributed by atoms with Crippen molar-refractivity contribution in [2.45, 2.75) is 66.1 Å². The van der Waals surface area contributed by atoms with Gasteiger partial charge in [-0.1, -0.05) is 192 Å². The maximum Gasteiger partial charge on any atom is 0.268 e. The van der Waals surface area contributed by atoms with Crippen LogP contribution >= 0.6 is 0 Å². The summed E-state index contributed by atoms with van der Waals surface area (Å²) in [5, 5.41) is 1.78. The van der Waals surface area contributed by atoms with Crippen molar-refractivity contribution in [1.29, 1.82) is 0 Å². The Morgan fingerprint density at radius 2 is 1.17 bits per heavy atom. The first-order valence-corrected chi connectivity index (χ1v) is 26.0. The number of hydrogen-bond donors (Lipinski definition) is 0. The molecule has 82 heavy (non-hydrogen) atoms. The van der Waals surface area contributed by atoms with Gasteiger partial charge in [0.2, 0.25) is 0 Å². The molecular weight excluding hydrogens is 1180 g/mol. The van der Waals surface area contributed by atoms with E-state index in [4.69, 9.17) is 30.3 Å². The molecule has 3 aromatic heterocycles. The summed E-state index contributed by atoms with van der Waals surface area (Å²) in [6, 6.07) is 23.4. The molecule has 10 aromatic carbocycles. The second-order valence-corrected chi connectivity index (χ2v) is 21.5. The Kier molecular flexibility index (Phi) is 8.54. The van der Waals surface area contributed by atoms with Crippen molar-refractivity contribution in [2.24, 2.45) is 0 Å². The number of aromatic nitrogens is 4. The predicted molar refractivity (Wildman–Crippen MR) is 334 cm³/mol. The summed E-state index contributed by atoms with van der Waals surface area (Å²) in [5.74, 6) is 1.02. The van der Waals surface area contributed by atoms with Crippen LogP contribution in [0.2, 0.25) is 0 Å². The number of nitrogens with zero attached hydrogens (tertiary/aromatic N) is 4. The maximum atomic E-state index is 10.5. The molecule has 0 aliphatic carbocycles. The summed E-state index contributed by atoms with van der Waals surface area (Å²) in [4.78, 5) is 4.82. The molecule has 0 aliphatic heterocycles. The van der Waals surface area contributed by atoms with Crippen LogP contribution in [0, 0.1) is 32.2 Å². The zero-order valence-electron chi connectivity index (χ0n) is 69.1. The van der Waals surface area contributed by atoms with Crippen LogP contribution in [-0.2, 0) is 31.9 Å². The molecule has 0 fully saturated rings. The maximum absolute atomic E-state index is 10.5. The van der Waals surface area contributed by atoms with Gasteiger partial charge < -0.3 is 13.9 Å². The summed E-state index contributed by atoms with van der Waals surface area (Å²) in [6.07, 6.45) is 5.20. The van der Waals surface area contributed by atoms with E-state index in [1.165, 1.54) is 51.6 Å². The van der Waals surface area contributed by atoms with E-state index in [0.717, 1.165) is 21.9 Å². The van der Waals surface area contributed by atoms with Crippen LogP contribution in [0.15, 0.2) is 230 Å². The van der Waals surface area contributed by atoms with Gasteiger partial charge in [0.15, 0.2) is 0 Å². The third-order valence-corrected chi connectivity index (χ3v) is 14.1. The molecule has 13 aromatic rings. The van der Waals surface area contributed by atoms with Crippen molar-refractivity contribution >= 4 is 32.8 Å². The molecule has 0 amide bonds. The standard InChI is InChI=1S/C76H62N4O.Pt/c1-50-22-20-23-51(2)73(50)55-34-37-69-71(45-55)78(61-30-21-31-62(47-61)81-63-35-36-65-64-32-18-19-33-68(64)80(70(65)48-63)72-46-60(38-39-77-72)75(3,4)5)49-79(69)74-66(43-58(44-67(74)76(6,7)8)54-28-16-11-17-29-54)59-41-56(52-24-12-9-13-25-52)40-57(42-59)53-26-14-10-15-27-53;/h9-46H,1-8H3;/q-2;/i1D3,2D3,9D,10D,11D,12D,13D,14D,15D,16D,17D,24D,25D,26D,27D,28D,29D,40D,41D,42D;. The average molecular weight is 1270 g/mol. The van der Waals surface area contributed by atoms with Gasteiger partial charge in [0.1, 0.15) is 5.82 Å². The molecule has 13 rings (SSSR count). The van der Waals surface area contributed by atoms with Crippen LogP contribution in [0.3, 0.4) is 0 Å². The largest absolute Gasteiger partial charge is 0.510 e. The molecule has 0 unspecified atom stereocenters. The summed E-state index contributed by atoms with van der Waals surface area (Å²) in [6.45, 7) is 5.86. The van der Waals surface area contributed by atoms with Gasteiger partial charge in [-0.05, 0) is 162 Å². The van der Waals surface area contributed by atoms with E-state index in [2.05, 4.69) is 39.2 Å². The van der Waals surface area contributed by atoms with Gasteiger partial charge in [0.05, 0.1) is 41.4 Å². The average Bonchev–Trinajstić information content (AvgIpc) is 0.962. The summed E-state index contributed by atoms with van der Waals surface area (Å²) >= 11 is 0. The van der Waals surface area contributed by atoms with Crippen LogP contribution in [0.1, 0.15) is 96.7 Å². The Morgan fingerprint density at radius 3 is 1.83 bits per heavy atom. The quantitative estimate of drug-likeness (QED) is 0.101. The minimum atomic E-state index is -2.88. The summed E-state index contributed by atoms with van der Waals surface area (Å²) in [7, 11) is 0. The fourth-order valence-corrected chi connectivity index (χ4v) is 10.2. The number of para-hydroxylation sites is 1. The van der Waals surface area contributed by atoms with Crippen molar-refractivity contribution in [3.05, 3.63) is 271 Å². The van der Waals surface area contributed by atoms with Crippen molar-refractivity contribution in [3.63, 3.8) is 0 Å². The van der Waals surface area contributed by atoms with Crippen molar-refractivity contribution < 1.29 is 63.3 Å². The number of hydrogen-bond acceptors (Lipinski definition) is 2. The topological polar surface area (TPSA) is 35.9 Å². The van der Waals surface area contributed by atoms with Gasteiger partial charge in [-0.3, -0.25) is 4.57 Å². The Hall–Kier alpha value is -8.89. The first-order chi connectivity index (χ1) is 49.1. The Bertz CT molecular complexity index is 5670. The van der Waals surface area contributed by atoms with E-state index in [1.807, 2.05) is 47.0 Å². The molecule has 0 N–H and O–H groups in total. The number of benzene rings is 10. The Balaban J connectivity index is 0.0000105. The van der Waals surface area contributed by atoms with Crippen molar-refractivity contribution in [2.75, 3.05) is 0 Å². The second kappa shape index (κ2) is 21.5. The molecule has 0 aliphatic rings. The van der Waals surface area contributed by atoms with Crippen LogP contribution in [0.5, 0.6) is 11.5 Å². The monoisotopic (exact) mass is 1270 g/mol. The molecule has 0 atom stereocenters. The van der Waals surface area contributed by atoms with E-state index < -0.39 is 156 Å². The zero-order valence-corrected chi connectivity index (χ0v) is 47.3. The number of fused-ring (bicyclic) bond motifs is 4. The Morgan fingerprint density at radius 1 is 0.537 bits per heavy atom. The molecule has 3 heterocycles. The normalized spacial score (nSPS) is 16.3. The number of imidazole rings is 1. The minimum absolute atomic E-state index is 0. The van der Waals surface area contributed by atoms with E-state index in [9.17, 15) is 12.3 Å². The van der Waals surface area contributed by atoms with Gasteiger partial charge in [-0.15, -0.1) is 29.7 Å². The molecule has 0 spiro atoms. The number of pyridine rings is 1. The van der Waals surface area contributed by atoms with Crippen molar-refractivity contribution in [1.82, 2.24) is 14.1 Å². The van der Waals surface area contributed by atoms with Crippen LogP contribution in [0.4, 0.5) is 0 Å².